The number of halogens is 1. The number of rotatable bonds is 7. The number of nitrogens with zero attached hydrogens (tertiary/aromatic N) is 1. The summed E-state index contributed by atoms with van der Waals surface area (Å²) in [4.78, 5) is 14.6. The minimum absolute atomic E-state index is 0.0829. The summed E-state index contributed by atoms with van der Waals surface area (Å²) in [5, 5.41) is 2.43. The van der Waals surface area contributed by atoms with Crippen molar-refractivity contribution in [3.63, 3.8) is 0 Å². The van der Waals surface area contributed by atoms with E-state index >= 15 is 0 Å². The number of benzene rings is 3. The highest BCUT2D eigenvalue weighted by Gasteiger charge is 2.20. The molecule has 0 aliphatic carbocycles. The molecule has 0 spiro atoms. The summed E-state index contributed by atoms with van der Waals surface area (Å²) >= 11 is 0. The van der Waals surface area contributed by atoms with Crippen LogP contribution in [0.1, 0.15) is 36.0 Å². The number of ether oxygens (including phenoxy) is 1. The molecule has 4 heteroatoms. The van der Waals surface area contributed by atoms with Crippen LogP contribution >= 0.6 is 0 Å². The van der Waals surface area contributed by atoms with Crippen molar-refractivity contribution in [2.75, 3.05) is 19.6 Å². The molecule has 3 aromatic carbocycles. The smallest absolute Gasteiger partial charge is 0.162 e. The quantitative estimate of drug-likeness (QED) is 0.499. The molecule has 1 aliphatic heterocycles. The highest BCUT2D eigenvalue weighted by Crippen LogP contribution is 2.24. The van der Waals surface area contributed by atoms with E-state index in [0.717, 1.165) is 44.6 Å². The Balaban J connectivity index is 1.20. The molecule has 1 fully saturated rings. The molecule has 1 heterocycles. The van der Waals surface area contributed by atoms with Gasteiger partial charge in [-0.05, 0) is 73.0 Å². The molecular weight excluding hydrogens is 365 g/mol. The molecule has 29 heavy (non-hydrogen) atoms. The Morgan fingerprint density at radius 2 is 1.69 bits per heavy atom. The van der Waals surface area contributed by atoms with Crippen molar-refractivity contribution in [1.82, 2.24) is 4.90 Å². The maximum Gasteiger partial charge on any atom is 0.162 e. The molecule has 3 aromatic rings. The van der Waals surface area contributed by atoms with Gasteiger partial charge < -0.3 is 9.64 Å². The third kappa shape index (κ3) is 5.21. The largest absolute Gasteiger partial charge is 0.490 e. The number of Topliss-reactive ketones (excluding diaryl/α,β-unsaturated/α-hetero) is 1. The molecular formula is C25H26FNO2. The molecule has 0 amide bonds. The van der Waals surface area contributed by atoms with Gasteiger partial charge in [-0.2, -0.15) is 0 Å². The van der Waals surface area contributed by atoms with Crippen molar-refractivity contribution in [3.05, 3.63) is 78.1 Å². The van der Waals surface area contributed by atoms with Gasteiger partial charge in [0.25, 0.3) is 0 Å². The Morgan fingerprint density at radius 1 is 0.966 bits per heavy atom. The first kappa shape index (κ1) is 19.6. The van der Waals surface area contributed by atoms with Gasteiger partial charge in [0.05, 0.1) is 0 Å². The lowest BCUT2D eigenvalue weighted by atomic mass is 10.0. The number of hydrogen-bond donors (Lipinski definition) is 0. The van der Waals surface area contributed by atoms with Gasteiger partial charge in [0.2, 0.25) is 0 Å². The number of likely N-dealkylation sites (tertiary alicyclic amines) is 1. The second-order valence-electron chi connectivity index (χ2n) is 7.70. The molecule has 0 N–H and O–H groups in total. The van der Waals surface area contributed by atoms with Crippen molar-refractivity contribution >= 4 is 16.6 Å². The summed E-state index contributed by atoms with van der Waals surface area (Å²) in [7, 11) is 0. The van der Waals surface area contributed by atoms with Crippen molar-refractivity contribution in [2.24, 2.45) is 0 Å². The topological polar surface area (TPSA) is 29.5 Å². The van der Waals surface area contributed by atoms with E-state index in [1.54, 1.807) is 12.1 Å². The van der Waals surface area contributed by atoms with Gasteiger partial charge in [0.1, 0.15) is 17.7 Å². The van der Waals surface area contributed by atoms with E-state index in [2.05, 4.69) is 35.2 Å². The molecule has 0 bridgehead atoms. The molecule has 0 aromatic heterocycles. The van der Waals surface area contributed by atoms with Crippen molar-refractivity contribution in [2.45, 2.75) is 31.8 Å². The van der Waals surface area contributed by atoms with E-state index in [0.29, 0.717) is 12.0 Å². The fourth-order valence-corrected chi connectivity index (χ4v) is 3.93. The molecule has 0 atom stereocenters. The third-order valence-electron chi connectivity index (χ3n) is 5.60. The van der Waals surface area contributed by atoms with E-state index in [9.17, 15) is 9.18 Å². The second kappa shape index (κ2) is 9.19. The third-order valence-corrected chi connectivity index (χ3v) is 5.60. The van der Waals surface area contributed by atoms with Crippen LogP contribution in [0.3, 0.4) is 0 Å². The first-order valence-corrected chi connectivity index (χ1v) is 10.3. The normalized spacial score (nSPS) is 15.5. The molecule has 0 unspecified atom stereocenters. The summed E-state index contributed by atoms with van der Waals surface area (Å²) in [6.45, 7) is 2.89. The van der Waals surface area contributed by atoms with Crippen LogP contribution in [0.4, 0.5) is 4.39 Å². The summed E-state index contributed by atoms with van der Waals surface area (Å²) in [6.07, 6.45) is 3.57. The van der Waals surface area contributed by atoms with Gasteiger partial charge >= 0.3 is 0 Å². The highest BCUT2D eigenvalue weighted by molar-refractivity contribution is 5.95. The van der Waals surface area contributed by atoms with Gasteiger partial charge in [0, 0.05) is 25.1 Å². The van der Waals surface area contributed by atoms with Crippen molar-refractivity contribution in [3.8, 4) is 5.75 Å². The molecule has 4 rings (SSSR count). The van der Waals surface area contributed by atoms with Crippen LogP contribution in [0.15, 0.2) is 66.7 Å². The molecule has 150 valence electrons. The van der Waals surface area contributed by atoms with Crippen molar-refractivity contribution < 1.29 is 13.9 Å². The van der Waals surface area contributed by atoms with Crippen LogP contribution in [0.25, 0.3) is 10.8 Å². The SMILES string of the molecule is O=C(CCCN1CCC(Oc2ccc3ccccc3c2)CC1)c1ccc(F)cc1. The van der Waals surface area contributed by atoms with Gasteiger partial charge in [-0.15, -0.1) is 0 Å². The zero-order valence-corrected chi connectivity index (χ0v) is 16.5. The van der Waals surface area contributed by atoms with Crippen LogP contribution in [0.5, 0.6) is 5.75 Å². The fourth-order valence-electron chi connectivity index (χ4n) is 3.93. The maximum atomic E-state index is 13.0. The van der Waals surface area contributed by atoms with Crippen LogP contribution < -0.4 is 4.74 Å². The van der Waals surface area contributed by atoms with E-state index in [-0.39, 0.29) is 17.7 Å². The van der Waals surface area contributed by atoms with Gasteiger partial charge in [-0.1, -0.05) is 30.3 Å². The number of hydrogen-bond acceptors (Lipinski definition) is 3. The predicted octanol–water partition coefficient (Wildman–Crippen LogP) is 5.49. The van der Waals surface area contributed by atoms with Crippen LogP contribution in [0.2, 0.25) is 0 Å². The summed E-state index contributed by atoms with van der Waals surface area (Å²) in [5.41, 5.74) is 0.592. The van der Waals surface area contributed by atoms with Gasteiger partial charge in [0.15, 0.2) is 5.78 Å². The fraction of sp³-hybridized carbons (Fsp3) is 0.320. The molecule has 1 saturated heterocycles. The number of carbonyl (C=O) groups excluding carboxylic acids is 1. The van der Waals surface area contributed by atoms with Crippen LogP contribution in [-0.2, 0) is 0 Å². The zero-order chi connectivity index (χ0) is 20.1. The molecule has 1 aliphatic rings. The van der Waals surface area contributed by atoms with E-state index in [1.807, 2.05) is 12.1 Å². The van der Waals surface area contributed by atoms with Gasteiger partial charge in [-0.25, -0.2) is 4.39 Å². The number of carbonyl (C=O) groups is 1. The average Bonchev–Trinajstić information content (AvgIpc) is 2.75. The monoisotopic (exact) mass is 391 g/mol. The Kier molecular flexibility index (Phi) is 6.20. The minimum Gasteiger partial charge on any atom is -0.490 e. The lowest BCUT2D eigenvalue weighted by Gasteiger charge is -2.32. The average molecular weight is 391 g/mol. The summed E-state index contributed by atoms with van der Waals surface area (Å²) in [6, 6.07) is 20.4. The number of ketones is 1. The van der Waals surface area contributed by atoms with E-state index in [4.69, 9.17) is 4.74 Å². The number of piperidine rings is 1. The Bertz CT molecular complexity index is 962. The number of fused-ring (bicyclic) bond motifs is 1. The lowest BCUT2D eigenvalue weighted by Crippen LogP contribution is -2.38. The van der Waals surface area contributed by atoms with Crippen LogP contribution in [0, 0.1) is 5.82 Å². The van der Waals surface area contributed by atoms with Crippen LogP contribution in [-0.4, -0.2) is 36.4 Å². The van der Waals surface area contributed by atoms with E-state index in [1.165, 1.54) is 22.9 Å². The highest BCUT2D eigenvalue weighted by atomic mass is 19.1. The maximum absolute atomic E-state index is 13.0. The summed E-state index contributed by atoms with van der Waals surface area (Å²) < 4.78 is 19.2. The van der Waals surface area contributed by atoms with Gasteiger partial charge in [-0.3, -0.25) is 4.79 Å². The second-order valence-corrected chi connectivity index (χ2v) is 7.70. The predicted molar refractivity (Wildman–Crippen MR) is 114 cm³/mol. The Hall–Kier alpha value is -2.72. The zero-order valence-electron chi connectivity index (χ0n) is 16.5. The van der Waals surface area contributed by atoms with E-state index < -0.39 is 0 Å². The Labute approximate surface area is 171 Å². The molecule has 0 radical (unpaired) electrons. The standard InChI is InChI=1S/C25H26FNO2/c26-22-10-7-20(8-11-22)25(28)6-3-15-27-16-13-23(14-17-27)29-24-12-9-19-4-1-2-5-21(19)18-24/h1-2,4-5,7-12,18,23H,3,6,13-17H2. The Morgan fingerprint density at radius 3 is 2.45 bits per heavy atom. The summed E-state index contributed by atoms with van der Waals surface area (Å²) in [5.74, 6) is 0.710. The molecule has 3 nitrogen and oxygen atoms in total. The molecule has 0 saturated carbocycles. The first-order chi connectivity index (χ1) is 14.2. The minimum atomic E-state index is -0.310. The van der Waals surface area contributed by atoms with Crippen molar-refractivity contribution in [1.29, 1.82) is 0 Å². The lowest BCUT2D eigenvalue weighted by molar-refractivity contribution is 0.0920. The first-order valence-electron chi connectivity index (χ1n) is 10.3.